The summed E-state index contributed by atoms with van der Waals surface area (Å²) in [6, 6.07) is 11.1. The lowest BCUT2D eigenvalue weighted by atomic mass is 10.2. The molecule has 0 bridgehead atoms. The number of thiazole rings is 1. The van der Waals surface area contributed by atoms with Crippen molar-refractivity contribution in [1.29, 1.82) is 0 Å². The number of hydrogen-bond donors (Lipinski definition) is 2. The van der Waals surface area contributed by atoms with Crippen LogP contribution in [-0.2, 0) is 24.2 Å². The smallest absolute Gasteiger partial charge is 0.410 e. The molecule has 1 aromatic carbocycles. The summed E-state index contributed by atoms with van der Waals surface area (Å²) in [5.41, 5.74) is 2.00. The van der Waals surface area contributed by atoms with Crippen molar-refractivity contribution in [3.63, 3.8) is 0 Å². The van der Waals surface area contributed by atoms with Gasteiger partial charge in [-0.3, -0.25) is 9.78 Å². The molecule has 9 nitrogen and oxygen atoms in total. The van der Waals surface area contributed by atoms with E-state index in [1.54, 1.807) is 28.6 Å². The van der Waals surface area contributed by atoms with Gasteiger partial charge in [-0.05, 0) is 45.0 Å². The number of carbonyl (C=O) groups is 2. The van der Waals surface area contributed by atoms with Crippen LogP contribution in [0.15, 0.2) is 48.0 Å². The molecule has 4 rings (SSSR count). The summed E-state index contributed by atoms with van der Waals surface area (Å²) in [7, 11) is 0. The van der Waals surface area contributed by atoms with E-state index >= 15 is 0 Å². The van der Waals surface area contributed by atoms with E-state index in [1.807, 2.05) is 45.0 Å². The third kappa shape index (κ3) is 6.79. The highest BCUT2D eigenvalue weighted by Gasteiger charge is 2.24. The Balaban J connectivity index is 1.40. The number of H-pyrrole nitrogens is 1. The molecule has 11 heteroatoms. The maximum Gasteiger partial charge on any atom is 0.410 e. The molecule has 2 N–H and O–H groups in total. The minimum atomic E-state index is -0.633. The van der Waals surface area contributed by atoms with Crippen LogP contribution in [0.3, 0.4) is 0 Å². The van der Waals surface area contributed by atoms with Gasteiger partial charge in [-0.2, -0.15) is 0 Å². The summed E-state index contributed by atoms with van der Waals surface area (Å²) in [4.78, 5) is 43.5. The normalized spacial score (nSPS) is 11.4. The van der Waals surface area contributed by atoms with Gasteiger partial charge in [0.1, 0.15) is 17.1 Å². The molecule has 2 amide bonds. The molecule has 0 saturated carbocycles. The first kappa shape index (κ1) is 25.6. The van der Waals surface area contributed by atoms with Gasteiger partial charge in [0, 0.05) is 24.5 Å². The number of rotatable bonds is 8. The van der Waals surface area contributed by atoms with Crippen molar-refractivity contribution >= 4 is 46.0 Å². The third-order valence-corrected chi connectivity index (χ3v) is 6.31. The van der Waals surface area contributed by atoms with Crippen molar-refractivity contribution < 1.29 is 14.3 Å². The summed E-state index contributed by atoms with van der Waals surface area (Å²) >= 11 is 7.46. The molecule has 0 fully saturated rings. The maximum atomic E-state index is 12.9. The Hall–Kier alpha value is -3.50. The summed E-state index contributed by atoms with van der Waals surface area (Å²) in [6.45, 7) is 6.29. The van der Waals surface area contributed by atoms with E-state index in [9.17, 15) is 9.59 Å². The number of hydrogen-bond acceptors (Lipinski definition) is 7. The van der Waals surface area contributed by atoms with Gasteiger partial charge in [-0.1, -0.05) is 23.7 Å². The minimum absolute atomic E-state index is 0.204. The highest BCUT2D eigenvalue weighted by atomic mass is 35.5. The minimum Gasteiger partial charge on any atom is -0.444 e. The van der Waals surface area contributed by atoms with Crippen LogP contribution in [0.4, 0.5) is 4.79 Å². The van der Waals surface area contributed by atoms with Crippen LogP contribution in [0.5, 0.6) is 0 Å². The molecular formula is C25H27ClN6O3S. The second kappa shape index (κ2) is 11.0. The standard InChI is InChI=1S/C25H27ClN6O3S/c1-25(2,3)35-24(34)32(14-21-29-17-8-4-5-9-18(17)30-21)12-10-22-31-20(15-36-22)23(33)28-13-19-16(26)7-6-11-27-19/h4-9,11,15H,10,12-14H2,1-3H3,(H,28,33)(H,29,30). The van der Waals surface area contributed by atoms with Crippen LogP contribution in [0, 0.1) is 0 Å². The van der Waals surface area contributed by atoms with E-state index in [0.29, 0.717) is 35.2 Å². The zero-order chi connectivity index (χ0) is 25.7. The van der Waals surface area contributed by atoms with E-state index in [0.717, 1.165) is 16.0 Å². The number of amides is 2. The van der Waals surface area contributed by atoms with Gasteiger partial charge in [-0.15, -0.1) is 11.3 Å². The van der Waals surface area contributed by atoms with Crippen LogP contribution >= 0.6 is 22.9 Å². The van der Waals surface area contributed by atoms with Gasteiger partial charge >= 0.3 is 6.09 Å². The number of halogens is 1. The number of nitrogens with zero attached hydrogens (tertiary/aromatic N) is 4. The molecule has 0 aliphatic carbocycles. The quantitative estimate of drug-likeness (QED) is 0.335. The van der Waals surface area contributed by atoms with E-state index in [4.69, 9.17) is 16.3 Å². The summed E-state index contributed by atoms with van der Waals surface area (Å²) in [6.07, 6.45) is 1.64. The molecule has 3 aromatic heterocycles. The largest absolute Gasteiger partial charge is 0.444 e. The van der Waals surface area contributed by atoms with Gasteiger partial charge in [0.2, 0.25) is 0 Å². The predicted octanol–water partition coefficient (Wildman–Crippen LogP) is 4.98. The third-order valence-electron chi connectivity index (χ3n) is 5.06. The molecule has 36 heavy (non-hydrogen) atoms. The Morgan fingerprint density at radius 3 is 2.72 bits per heavy atom. The number of para-hydroxylation sites is 2. The van der Waals surface area contributed by atoms with Gasteiger partial charge in [0.25, 0.3) is 5.91 Å². The maximum absolute atomic E-state index is 12.9. The zero-order valence-electron chi connectivity index (χ0n) is 20.2. The Labute approximate surface area is 217 Å². The number of aromatic nitrogens is 4. The molecule has 188 valence electrons. The second-order valence-electron chi connectivity index (χ2n) is 9.09. The van der Waals surface area contributed by atoms with Gasteiger partial charge in [0.15, 0.2) is 0 Å². The average molecular weight is 527 g/mol. The van der Waals surface area contributed by atoms with Crippen LogP contribution < -0.4 is 5.32 Å². The number of ether oxygens (including phenoxy) is 1. The number of imidazole rings is 1. The molecular weight excluding hydrogens is 500 g/mol. The van der Waals surface area contributed by atoms with Crippen molar-refractivity contribution in [3.05, 3.63) is 75.2 Å². The molecule has 0 aliphatic rings. The van der Waals surface area contributed by atoms with Crippen LogP contribution in [0.1, 0.15) is 47.8 Å². The number of nitrogens with one attached hydrogen (secondary N) is 2. The lowest BCUT2D eigenvalue weighted by molar-refractivity contribution is 0.0231. The van der Waals surface area contributed by atoms with Crippen molar-refractivity contribution in [1.82, 2.24) is 30.2 Å². The fraction of sp³-hybridized carbons (Fsp3) is 0.320. The lowest BCUT2D eigenvalue weighted by Crippen LogP contribution is -2.38. The molecule has 4 aromatic rings. The molecule has 3 heterocycles. The van der Waals surface area contributed by atoms with Crippen LogP contribution in [0.2, 0.25) is 5.02 Å². The highest BCUT2D eigenvalue weighted by molar-refractivity contribution is 7.09. The van der Waals surface area contributed by atoms with Crippen molar-refractivity contribution in [2.75, 3.05) is 6.54 Å². The SMILES string of the molecule is CC(C)(C)OC(=O)N(CCc1nc(C(=O)NCc2ncccc2Cl)cs1)Cc1nc2ccccc2[nH]1. The first-order chi connectivity index (χ1) is 17.2. The lowest BCUT2D eigenvalue weighted by Gasteiger charge is -2.26. The predicted molar refractivity (Wildman–Crippen MR) is 139 cm³/mol. The number of fused-ring (bicyclic) bond motifs is 1. The molecule has 0 atom stereocenters. The highest BCUT2D eigenvalue weighted by Crippen LogP contribution is 2.17. The van der Waals surface area contributed by atoms with Crippen molar-refractivity contribution in [2.45, 2.75) is 45.9 Å². The Bertz CT molecular complexity index is 1330. The summed E-state index contributed by atoms with van der Waals surface area (Å²) in [5, 5.41) is 5.70. The topological polar surface area (TPSA) is 113 Å². The van der Waals surface area contributed by atoms with Crippen LogP contribution in [-0.4, -0.2) is 49.0 Å². The second-order valence-corrected chi connectivity index (χ2v) is 10.4. The number of benzene rings is 1. The molecule has 0 saturated heterocycles. The van der Waals surface area contributed by atoms with E-state index in [-0.39, 0.29) is 19.0 Å². The zero-order valence-corrected chi connectivity index (χ0v) is 21.8. The molecule has 0 aliphatic heterocycles. The molecule has 0 unspecified atom stereocenters. The first-order valence-corrected chi connectivity index (χ1v) is 12.7. The number of pyridine rings is 1. The average Bonchev–Trinajstić information content (AvgIpc) is 3.46. The summed E-state index contributed by atoms with van der Waals surface area (Å²) < 4.78 is 5.61. The Morgan fingerprint density at radius 1 is 1.17 bits per heavy atom. The van der Waals surface area contributed by atoms with Gasteiger partial charge in [-0.25, -0.2) is 14.8 Å². The number of aromatic amines is 1. The fourth-order valence-corrected chi connectivity index (χ4v) is 4.34. The Kier molecular flexibility index (Phi) is 7.85. The first-order valence-electron chi connectivity index (χ1n) is 11.4. The van der Waals surface area contributed by atoms with Gasteiger partial charge in [0.05, 0.1) is 39.8 Å². The molecule has 0 radical (unpaired) electrons. The van der Waals surface area contributed by atoms with Gasteiger partial charge < -0.3 is 19.9 Å². The number of carbonyl (C=O) groups excluding carboxylic acids is 2. The molecule has 0 spiro atoms. The van der Waals surface area contributed by atoms with E-state index in [2.05, 4.69) is 25.3 Å². The van der Waals surface area contributed by atoms with Crippen LogP contribution in [0.25, 0.3) is 11.0 Å². The summed E-state index contributed by atoms with van der Waals surface area (Å²) in [5.74, 6) is 0.347. The van der Waals surface area contributed by atoms with Crippen molar-refractivity contribution in [2.24, 2.45) is 0 Å². The van der Waals surface area contributed by atoms with E-state index < -0.39 is 11.7 Å². The van der Waals surface area contributed by atoms with Crippen molar-refractivity contribution in [3.8, 4) is 0 Å². The monoisotopic (exact) mass is 526 g/mol. The fourth-order valence-electron chi connectivity index (χ4n) is 3.39. The Morgan fingerprint density at radius 2 is 1.97 bits per heavy atom. The van der Waals surface area contributed by atoms with E-state index in [1.165, 1.54) is 11.3 Å².